The molecule has 2 rings (SSSR count). The van der Waals surface area contributed by atoms with Gasteiger partial charge in [-0.1, -0.05) is 0 Å². The highest BCUT2D eigenvalue weighted by Gasteiger charge is 2.13. The van der Waals surface area contributed by atoms with E-state index in [4.69, 9.17) is 5.73 Å². The normalized spacial score (nSPS) is 11.1. The minimum absolute atomic E-state index is 0.402. The molecule has 0 atom stereocenters. The van der Waals surface area contributed by atoms with Crippen molar-refractivity contribution < 1.29 is 0 Å². The van der Waals surface area contributed by atoms with Crippen LogP contribution in [-0.4, -0.2) is 22.6 Å². The van der Waals surface area contributed by atoms with E-state index in [9.17, 15) is 0 Å². The van der Waals surface area contributed by atoms with Crippen LogP contribution < -0.4 is 10.6 Å². The van der Waals surface area contributed by atoms with Crippen LogP contribution in [0, 0.1) is 0 Å². The van der Waals surface area contributed by atoms with Crippen molar-refractivity contribution in [1.29, 1.82) is 0 Å². The van der Waals surface area contributed by atoms with Crippen LogP contribution >= 0.6 is 0 Å². The molecule has 1 heterocycles. The lowest BCUT2D eigenvalue weighted by atomic mass is 10.2. The molecule has 17 heavy (non-hydrogen) atoms. The van der Waals surface area contributed by atoms with E-state index in [1.54, 1.807) is 6.33 Å². The summed E-state index contributed by atoms with van der Waals surface area (Å²) in [6.45, 7) is 7.35. The highest BCUT2D eigenvalue weighted by Crippen LogP contribution is 2.25. The van der Waals surface area contributed by atoms with Gasteiger partial charge < -0.3 is 10.6 Å². The summed E-state index contributed by atoms with van der Waals surface area (Å²) in [5.41, 5.74) is 7.51. The Morgan fingerprint density at radius 1 is 1.29 bits per heavy atom. The standard InChI is InChI=1S/C13H18N4/c1-4-17(9(2)3)13-11-7-10(14)5-6-12(11)15-8-16-13/h5-9H,4,14H2,1-3H3. The zero-order chi connectivity index (χ0) is 12.4. The molecule has 2 aromatic rings. The van der Waals surface area contributed by atoms with Crippen molar-refractivity contribution in [3.8, 4) is 0 Å². The third kappa shape index (κ3) is 2.16. The average Bonchev–Trinajstić information content (AvgIpc) is 2.30. The van der Waals surface area contributed by atoms with Crippen molar-refractivity contribution in [3.63, 3.8) is 0 Å². The van der Waals surface area contributed by atoms with E-state index in [0.717, 1.165) is 29.0 Å². The van der Waals surface area contributed by atoms with Gasteiger partial charge in [0.05, 0.1) is 5.52 Å². The Bertz CT molecular complexity index is 522. The first-order valence-corrected chi connectivity index (χ1v) is 5.90. The summed E-state index contributed by atoms with van der Waals surface area (Å²) in [7, 11) is 0. The van der Waals surface area contributed by atoms with Crippen LogP contribution in [0.25, 0.3) is 10.9 Å². The fourth-order valence-electron chi connectivity index (χ4n) is 2.05. The number of nitrogens with zero attached hydrogens (tertiary/aromatic N) is 3. The Morgan fingerprint density at radius 2 is 2.06 bits per heavy atom. The van der Waals surface area contributed by atoms with Crippen LogP contribution in [0.15, 0.2) is 24.5 Å². The molecule has 0 radical (unpaired) electrons. The molecule has 0 spiro atoms. The summed E-state index contributed by atoms with van der Waals surface area (Å²) in [4.78, 5) is 10.9. The third-order valence-corrected chi connectivity index (χ3v) is 2.87. The van der Waals surface area contributed by atoms with Gasteiger partial charge in [0.1, 0.15) is 12.1 Å². The smallest absolute Gasteiger partial charge is 0.140 e. The van der Waals surface area contributed by atoms with E-state index in [0.29, 0.717) is 6.04 Å². The molecule has 0 unspecified atom stereocenters. The van der Waals surface area contributed by atoms with Crippen LogP contribution in [0.1, 0.15) is 20.8 Å². The van der Waals surface area contributed by atoms with E-state index in [2.05, 4.69) is 35.6 Å². The quantitative estimate of drug-likeness (QED) is 0.823. The van der Waals surface area contributed by atoms with Crippen LogP contribution in [0.3, 0.4) is 0 Å². The van der Waals surface area contributed by atoms with Gasteiger partial charge in [0.2, 0.25) is 0 Å². The second-order valence-corrected chi connectivity index (χ2v) is 4.35. The van der Waals surface area contributed by atoms with Crippen molar-refractivity contribution in [3.05, 3.63) is 24.5 Å². The van der Waals surface area contributed by atoms with Gasteiger partial charge in [-0.15, -0.1) is 0 Å². The number of aromatic nitrogens is 2. The molecule has 1 aromatic carbocycles. The minimum Gasteiger partial charge on any atom is -0.399 e. The highest BCUT2D eigenvalue weighted by atomic mass is 15.2. The molecule has 0 aliphatic heterocycles. The van der Waals surface area contributed by atoms with Crippen LogP contribution in [0.5, 0.6) is 0 Å². The maximum atomic E-state index is 5.84. The van der Waals surface area contributed by atoms with Gasteiger partial charge in [-0.25, -0.2) is 9.97 Å². The lowest BCUT2D eigenvalue weighted by Crippen LogP contribution is -2.31. The number of hydrogen-bond acceptors (Lipinski definition) is 4. The second-order valence-electron chi connectivity index (χ2n) is 4.35. The van der Waals surface area contributed by atoms with Crippen LogP contribution in [-0.2, 0) is 0 Å². The summed E-state index contributed by atoms with van der Waals surface area (Å²) >= 11 is 0. The van der Waals surface area contributed by atoms with E-state index >= 15 is 0 Å². The number of anilines is 2. The molecule has 0 saturated carbocycles. The van der Waals surface area contributed by atoms with Gasteiger partial charge in [0.25, 0.3) is 0 Å². The second kappa shape index (κ2) is 4.57. The maximum absolute atomic E-state index is 5.84. The van der Waals surface area contributed by atoms with E-state index < -0.39 is 0 Å². The minimum atomic E-state index is 0.402. The number of nitrogens with two attached hydrogens (primary N) is 1. The summed E-state index contributed by atoms with van der Waals surface area (Å²) in [5.74, 6) is 0.958. The molecule has 0 fully saturated rings. The van der Waals surface area contributed by atoms with Gasteiger partial charge in [0.15, 0.2) is 0 Å². The lowest BCUT2D eigenvalue weighted by molar-refractivity contribution is 0.695. The van der Waals surface area contributed by atoms with E-state index in [1.165, 1.54) is 0 Å². The fourth-order valence-corrected chi connectivity index (χ4v) is 2.05. The van der Waals surface area contributed by atoms with Crippen LogP contribution in [0.4, 0.5) is 11.5 Å². The molecule has 1 aromatic heterocycles. The van der Waals surface area contributed by atoms with E-state index in [-0.39, 0.29) is 0 Å². The monoisotopic (exact) mass is 230 g/mol. The van der Waals surface area contributed by atoms with Crippen LogP contribution in [0.2, 0.25) is 0 Å². The first-order chi connectivity index (χ1) is 8.13. The predicted molar refractivity (Wildman–Crippen MR) is 72.1 cm³/mol. The summed E-state index contributed by atoms with van der Waals surface area (Å²) in [5, 5.41) is 1.02. The maximum Gasteiger partial charge on any atom is 0.140 e. The number of fused-ring (bicyclic) bond motifs is 1. The summed E-state index contributed by atoms with van der Waals surface area (Å²) in [6, 6.07) is 6.14. The molecule has 2 N–H and O–H groups in total. The number of hydrogen-bond donors (Lipinski definition) is 1. The van der Waals surface area contributed by atoms with Gasteiger partial charge in [-0.05, 0) is 39.0 Å². The molecule has 0 aliphatic rings. The van der Waals surface area contributed by atoms with Gasteiger partial charge in [-0.3, -0.25) is 0 Å². The first-order valence-electron chi connectivity index (χ1n) is 5.90. The Morgan fingerprint density at radius 3 is 2.71 bits per heavy atom. The fraction of sp³-hybridized carbons (Fsp3) is 0.385. The van der Waals surface area contributed by atoms with Gasteiger partial charge in [0, 0.05) is 23.7 Å². The number of nitrogen functional groups attached to an aromatic ring is 1. The number of benzene rings is 1. The average molecular weight is 230 g/mol. The molecular formula is C13H18N4. The molecule has 90 valence electrons. The molecule has 4 heteroatoms. The van der Waals surface area contributed by atoms with Gasteiger partial charge in [-0.2, -0.15) is 0 Å². The van der Waals surface area contributed by atoms with Crippen molar-refractivity contribution in [2.45, 2.75) is 26.8 Å². The lowest BCUT2D eigenvalue weighted by Gasteiger charge is -2.27. The molecule has 4 nitrogen and oxygen atoms in total. The molecule has 0 amide bonds. The zero-order valence-corrected chi connectivity index (χ0v) is 10.5. The molecule has 0 bridgehead atoms. The predicted octanol–water partition coefficient (Wildman–Crippen LogP) is 2.45. The van der Waals surface area contributed by atoms with Crippen molar-refractivity contribution >= 4 is 22.4 Å². The molecule has 0 saturated heterocycles. The largest absolute Gasteiger partial charge is 0.399 e. The van der Waals surface area contributed by atoms with Crippen molar-refractivity contribution in [1.82, 2.24) is 9.97 Å². The summed E-state index contributed by atoms with van der Waals surface area (Å²) < 4.78 is 0. The third-order valence-electron chi connectivity index (χ3n) is 2.87. The number of rotatable bonds is 3. The van der Waals surface area contributed by atoms with E-state index in [1.807, 2.05) is 18.2 Å². The van der Waals surface area contributed by atoms with Crippen molar-refractivity contribution in [2.24, 2.45) is 0 Å². The van der Waals surface area contributed by atoms with Gasteiger partial charge >= 0.3 is 0 Å². The first kappa shape index (κ1) is 11.6. The zero-order valence-electron chi connectivity index (χ0n) is 10.5. The summed E-state index contributed by atoms with van der Waals surface area (Å²) in [6.07, 6.45) is 1.61. The Hall–Kier alpha value is -1.84. The SMILES string of the molecule is CCN(c1ncnc2ccc(N)cc12)C(C)C. The molecular weight excluding hydrogens is 212 g/mol. The molecule has 0 aliphatic carbocycles. The topological polar surface area (TPSA) is 55.0 Å². The van der Waals surface area contributed by atoms with Crippen molar-refractivity contribution in [2.75, 3.05) is 17.2 Å². The Balaban J connectivity index is 2.63. The highest BCUT2D eigenvalue weighted by molar-refractivity contribution is 5.91. The Labute approximate surface area is 101 Å². The Kier molecular flexibility index (Phi) is 3.13.